The summed E-state index contributed by atoms with van der Waals surface area (Å²) in [4.78, 5) is 15.8. The van der Waals surface area contributed by atoms with E-state index in [0.29, 0.717) is 18.4 Å². The number of piperidine rings is 1. The molecule has 1 saturated heterocycles. The number of anilines is 1. The molecule has 1 amide bonds. The van der Waals surface area contributed by atoms with Crippen LogP contribution in [0.1, 0.15) is 25.7 Å². The molecule has 0 bridgehead atoms. The normalized spacial score (nSPS) is 27.7. The molecule has 1 aliphatic carbocycles. The highest BCUT2D eigenvalue weighted by Gasteiger charge is 2.40. The monoisotopic (exact) mass is 309 g/mol. The van der Waals surface area contributed by atoms with Crippen molar-refractivity contribution in [2.24, 2.45) is 5.92 Å². The van der Waals surface area contributed by atoms with E-state index in [2.05, 4.69) is 31.5 Å². The number of hydrogen-bond donors (Lipinski definition) is 2. The Hall–Kier alpha value is -1.10. The topological polar surface area (TPSA) is 54.0 Å². The van der Waals surface area contributed by atoms with Crippen molar-refractivity contribution in [2.75, 3.05) is 5.32 Å². The quantitative estimate of drug-likeness (QED) is 0.901. The standard InChI is InChI=1S/C13H16BrN3O/c14-9-3-5-11(15-7-9)16-10-4-6-12(18)17-13(10)8-1-2-8/h3,5,7-8,10,13H,1-2,4,6H2,(H,15,16)(H,17,18)/t10-,13+/m0/s1. The van der Waals surface area contributed by atoms with E-state index in [1.807, 2.05) is 12.1 Å². The second-order valence-electron chi connectivity index (χ2n) is 5.08. The number of amides is 1. The zero-order valence-electron chi connectivity index (χ0n) is 10.0. The van der Waals surface area contributed by atoms with E-state index in [1.165, 1.54) is 12.8 Å². The van der Waals surface area contributed by atoms with E-state index in [4.69, 9.17) is 0 Å². The van der Waals surface area contributed by atoms with Gasteiger partial charge in [-0.2, -0.15) is 0 Å². The van der Waals surface area contributed by atoms with Gasteiger partial charge in [0.05, 0.1) is 6.04 Å². The zero-order valence-corrected chi connectivity index (χ0v) is 11.6. The van der Waals surface area contributed by atoms with Gasteiger partial charge in [0, 0.05) is 23.1 Å². The number of hydrogen-bond acceptors (Lipinski definition) is 3. The van der Waals surface area contributed by atoms with E-state index >= 15 is 0 Å². The van der Waals surface area contributed by atoms with Crippen LogP contribution in [0.2, 0.25) is 0 Å². The summed E-state index contributed by atoms with van der Waals surface area (Å²) in [5.74, 6) is 1.72. The van der Waals surface area contributed by atoms with Gasteiger partial charge in [0.1, 0.15) is 5.82 Å². The van der Waals surface area contributed by atoms with Crippen molar-refractivity contribution in [3.8, 4) is 0 Å². The summed E-state index contributed by atoms with van der Waals surface area (Å²) in [7, 11) is 0. The first-order chi connectivity index (χ1) is 8.72. The molecule has 18 heavy (non-hydrogen) atoms. The van der Waals surface area contributed by atoms with Gasteiger partial charge in [-0.05, 0) is 53.2 Å². The Morgan fingerprint density at radius 2 is 2.17 bits per heavy atom. The summed E-state index contributed by atoms with van der Waals surface area (Å²) < 4.78 is 0.976. The minimum absolute atomic E-state index is 0.189. The fourth-order valence-corrected chi connectivity index (χ4v) is 2.77. The van der Waals surface area contributed by atoms with Gasteiger partial charge in [-0.15, -0.1) is 0 Å². The summed E-state index contributed by atoms with van der Waals surface area (Å²) in [5.41, 5.74) is 0. The van der Waals surface area contributed by atoms with Crippen LogP contribution in [0.15, 0.2) is 22.8 Å². The minimum Gasteiger partial charge on any atom is -0.365 e. The highest BCUT2D eigenvalue weighted by Crippen LogP contribution is 2.36. The molecule has 0 unspecified atom stereocenters. The van der Waals surface area contributed by atoms with Gasteiger partial charge in [0.15, 0.2) is 0 Å². The van der Waals surface area contributed by atoms with Gasteiger partial charge in [0.25, 0.3) is 0 Å². The Labute approximate surface area is 115 Å². The molecule has 4 nitrogen and oxygen atoms in total. The molecule has 3 rings (SSSR count). The molecule has 2 N–H and O–H groups in total. The molecule has 2 heterocycles. The number of pyridine rings is 1. The second-order valence-corrected chi connectivity index (χ2v) is 6.00. The number of rotatable bonds is 3. The first kappa shape index (κ1) is 12.0. The largest absolute Gasteiger partial charge is 0.365 e. The van der Waals surface area contributed by atoms with Crippen LogP contribution in [0.3, 0.4) is 0 Å². The molecule has 1 aromatic heterocycles. The number of carbonyl (C=O) groups is 1. The molecule has 2 aliphatic rings. The molecule has 1 aromatic rings. The predicted octanol–water partition coefficient (Wildman–Crippen LogP) is 2.31. The molecule has 0 spiro atoms. The molecule has 96 valence electrons. The number of nitrogens with one attached hydrogen (secondary N) is 2. The average Bonchev–Trinajstić information content (AvgIpc) is 3.18. The fraction of sp³-hybridized carbons (Fsp3) is 0.538. The predicted molar refractivity (Wildman–Crippen MR) is 73.2 cm³/mol. The van der Waals surface area contributed by atoms with Gasteiger partial charge < -0.3 is 10.6 Å². The Bertz CT molecular complexity index is 444. The summed E-state index contributed by atoms with van der Waals surface area (Å²) >= 11 is 3.38. The Balaban J connectivity index is 1.69. The fourth-order valence-electron chi connectivity index (χ4n) is 2.54. The number of aromatic nitrogens is 1. The second kappa shape index (κ2) is 4.88. The summed E-state index contributed by atoms with van der Waals surface area (Å²) in [6.07, 6.45) is 5.76. The highest BCUT2D eigenvalue weighted by molar-refractivity contribution is 9.10. The lowest BCUT2D eigenvalue weighted by Crippen LogP contribution is -2.52. The lowest BCUT2D eigenvalue weighted by Gasteiger charge is -2.33. The zero-order chi connectivity index (χ0) is 12.5. The summed E-state index contributed by atoms with van der Waals surface area (Å²) in [5, 5.41) is 6.57. The van der Waals surface area contributed by atoms with Crippen molar-refractivity contribution >= 4 is 27.7 Å². The molecular weight excluding hydrogens is 294 g/mol. The van der Waals surface area contributed by atoms with Crippen molar-refractivity contribution in [1.82, 2.24) is 10.3 Å². The van der Waals surface area contributed by atoms with Crippen molar-refractivity contribution < 1.29 is 4.79 Å². The van der Waals surface area contributed by atoms with Gasteiger partial charge in [-0.1, -0.05) is 0 Å². The van der Waals surface area contributed by atoms with Crippen molar-refractivity contribution in [2.45, 2.75) is 37.8 Å². The summed E-state index contributed by atoms with van der Waals surface area (Å²) in [6, 6.07) is 4.52. The maximum absolute atomic E-state index is 11.5. The smallest absolute Gasteiger partial charge is 0.220 e. The van der Waals surface area contributed by atoms with Crippen LogP contribution in [0.4, 0.5) is 5.82 Å². The van der Waals surface area contributed by atoms with Crippen LogP contribution in [-0.4, -0.2) is 23.0 Å². The molecule has 2 atom stereocenters. The van der Waals surface area contributed by atoms with Gasteiger partial charge in [-0.25, -0.2) is 4.98 Å². The van der Waals surface area contributed by atoms with Crippen LogP contribution in [0.25, 0.3) is 0 Å². The minimum atomic E-state index is 0.189. The van der Waals surface area contributed by atoms with Crippen molar-refractivity contribution in [3.05, 3.63) is 22.8 Å². The number of nitrogens with zero attached hydrogens (tertiary/aromatic N) is 1. The SMILES string of the molecule is O=C1CC[C@H](Nc2ccc(Br)cn2)[C@@H](C2CC2)N1. The third-order valence-electron chi connectivity index (χ3n) is 3.63. The van der Waals surface area contributed by atoms with Crippen LogP contribution < -0.4 is 10.6 Å². The van der Waals surface area contributed by atoms with Gasteiger partial charge in [0.2, 0.25) is 5.91 Å². The highest BCUT2D eigenvalue weighted by atomic mass is 79.9. The van der Waals surface area contributed by atoms with Crippen LogP contribution in [-0.2, 0) is 4.79 Å². The van der Waals surface area contributed by atoms with Crippen molar-refractivity contribution in [1.29, 1.82) is 0 Å². The first-order valence-corrected chi connectivity index (χ1v) is 7.19. The molecule has 2 fully saturated rings. The Morgan fingerprint density at radius 1 is 1.33 bits per heavy atom. The Kier molecular flexibility index (Phi) is 3.24. The third kappa shape index (κ3) is 2.66. The van der Waals surface area contributed by atoms with Crippen LogP contribution in [0.5, 0.6) is 0 Å². The molecule has 1 saturated carbocycles. The van der Waals surface area contributed by atoms with Gasteiger partial charge >= 0.3 is 0 Å². The Morgan fingerprint density at radius 3 is 2.83 bits per heavy atom. The summed E-state index contributed by atoms with van der Waals surface area (Å²) in [6.45, 7) is 0. The number of halogens is 1. The molecule has 0 aromatic carbocycles. The van der Waals surface area contributed by atoms with E-state index < -0.39 is 0 Å². The van der Waals surface area contributed by atoms with Crippen LogP contribution in [0, 0.1) is 5.92 Å². The van der Waals surface area contributed by atoms with E-state index in [0.717, 1.165) is 16.7 Å². The van der Waals surface area contributed by atoms with Crippen LogP contribution >= 0.6 is 15.9 Å². The van der Waals surface area contributed by atoms with E-state index in [-0.39, 0.29) is 11.9 Å². The molecular formula is C13H16BrN3O. The third-order valence-corrected chi connectivity index (χ3v) is 4.10. The molecule has 0 radical (unpaired) electrons. The number of carbonyl (C=O) groups excluding carboxylic acids is 1. The molecule has 5 heteroatoms. The molecule has 1 aliphatic heterocycles. The van der Waals surface area contributed by atoms with E-state index in [9.17, 15) is 4.79 Å². The maximum Gasteiger partial charge on any atom is 0.220 e. The lowest BCUT2D eigenvalue weighted by atomic mass is 9.94. The van der Waals surface area contributed by atoms with Gasteiger partial charge in [-0.3, -0.25) is 4.79 Å². The lowest BCUT2D eigenvalue weighted by molar-refractivity contribution is -0.123. The maximum atomic E-state index is 11.5. The van der Waals surface area contributed by atoms with E-state index in [1.54, 1.807) is 6.20 Å². The first-order valence-electron chi connectivity index (χ1n) is 6.40. The van der Waals surface area contributed by atoms with Crippen molar-refractivity contribution in [3.63, 3.8) is 0 Å². The average molecular weight is 310 g/mol.